The Morgan fingerprint density at radius 2 is 1.90 bits per heavy atom. The van der Waals surface area contributed by atoms with Gasteiger partial charge in [-0.15, -0.1) is 0 Å². The second kappa shape index (κ2) is 7.94. The minimum absolute atomic E-state index is 0.0164. The smallest absolute Gasteiger partial charge is 0.323 e. The van der Waals surface area contributed by atoms with Crippen molar-refractivity contribution < 1.29 is 9.47 Å². The average Bonchev–Trinajstić information content (AvgIpc) is 2.45. The molecule has 8 heteroatoms. The summed E-state index contributed by atoms with van der Waals surface area (Å²) in [5, 5.41) is 5.19. The lowest BCUT2D eigenvalue weighted by Crippen LogP contribution is -2.40. The number of rotatable bonds is 7. The van der Waals surface area contributed by atoms with Crippen molar-refractivity contribution in [2.75, 3.05) is 43.6 Å². The summed E-state index contributed by atoms with van der Waals surface area (Å²) < 4.78 is 10.9. The standard InChI is InChI=1S/C13H24N6O2/c1-4-5-14-11-15-12(17-13(16-11)21-10(2)3)18-19-6-8-20-9-7-19/h10H,4-9H2,1-3H3,(H2,14,15,16,17,18). The van der Waals surface area contributed by atoms with Gasteiger partial charge in [-0.2, -0.15) is 15.0 Å². The lowest BCUT2D eigenvalue weighted by Gasteiger charge is -2.27. The Labute approximate surface area is 125 Å². The monoisotopic (exact) mass is 296 g/mol. The largest absolute Gasteiger partial charge is 0.461 e. The molecule has 0 radical (unpaired) electrons. The molecule has 0 aliphatic carbocycles. The number of hydrazine groups is 1. The third-order valence-electron chi connectivity index (χ3n) is 2.76. The molecule has 2 rings (SSSR count). The quantitative estimate of drug-likeness (QED) is 0.775. The summed E-state index contributed by atoms with van der Waals surface area (Å²) in [5.74, 6) is 1.01. The SMILES string of the molecule is CCCNc1nc(NN2CCOCC2)nc(OC(C)C)n1. The van der Waals surface area contributed by atoms with E-state index in [4.69, 9.17) is 9.47 Å². The first-order chi connectivity index (χ1) is 10.2. The van der Waals surface area contributed by atoms with Crippen molar-refractivity contribution in [3.63, 3.8) is 0 Å². The Morgan fingerprint density at radius 3 is 2.57 bits per heavy atom. The van der Waals surface area contributed by atoms with Gasteiger partial charge in [-0.3, -0.25) is 5.43 Å². The van der Waals surface area contributed by atoms with Crippen LogP contribution < -0.4 is 15.5 Å². The Balaban J connectivity index is 2.09. The van der Waals surface area contributed by atoms with Gasteiger partial charge in [0.2, 0.25) is 11.9 Å². The zero-order valence-corrected chi connectivity index (χ0v) is 12.9. The first kappa shape index (κ1) is 15.7. The van der Waals surface area contributed by atoms with Crippen LogP contribution in [0.25, 0.3) is 0 Å². The summed E-state index contributed by atoms with van der Waals surface area (Å²) >= 11 is 0. The van der Waals surface area contributed by atoms with E-state index in [0.717, 1.165) is 26.1 Å². The molecule has 0 unspecified atom stereocenters. The van der Waals surface area contributed by atoms with Gasteiger partial charge in [0, 0.05) is 19.6 Å². The van der Waals surface area contributed by atoms with Gasteiger partial charge >= 0.3 is 6.01 Å². The van der Waals surface area contributed by atoms with Crippen LogP contribution in [0.5, 0.6) is 6.01 Å². The van der Waals surface area contributed by atoms with Gasteiger partial charge in [-0.25, -0.2) is 5.01 Å². The molecule has 1 aliphatic heterocycles. The summed E-state index contributed by atoms with van der Waals surface area (Å²) in [4.78, 5) is 12.9. The maximum atomic E-state index is 5.58. The number of hydrogen-bond donors (Lipinski definition) is 2. The highest BCUT2D eigenvalue weighted by Gasteiger charge is 2.14. The van der Waals surface area contributed by atoms with E-state index in [2.05, 4.69) is 32.6 Å². The fourth-order valence-corrected chi connectivity index (χ4v) is 1.80. The maximum absolute atomic E-state index is 5.58. The third kappa shape index (κ3) is 5.31. The number of hydrogen-bond acceptors (Lipinski definition) is 8. The van der Waals surface area contributed by atoms with E-state index in [0.29, 0.717) is 31.1 Å². The molecule has 0 spiro atoms. The van der Waals surface area contributed by atoms with Crippen molar-refractivity contribution >= 4 is 11.9 Å². The second-order valence-electron chi connectivity index (χ2n) is 5.07. The topological polar surface area (TPSA) is 84.4 Å². The summed E-state index contributed by atoms with van der Waals surface area (Å²) in [5.41, 5.74) is 3.18. The first-order valence-corrected chi connectivity index (χ1v) is 7.43. The normalized spacial score (nSPS) is 16.0. The number of nitrogens with one attached hydrogen (secondary N) is 2. The van der Waals surface area contributed by atoms with Crippen molar-refractivity contribution in [1.29, 1.82) is 0 Å². The molecule has 0 amide bonds. The first-order valence-electron chi connectivity index (χ1n) is 7.43. The van der Waals surface area contributed by atoms with Gasteiger partial charge in [-0.05, 0) is 20.3 Å². The zero-order valence-electron chi connectivity index (χ0n) is 12.9. The lowest BCUT2D eigenvalue weighted by molar-refractivity contribution is 0.0492. The Hall–Kier alpha value is -1.67. The van der Waals surface area contributed by atoms with Crippen LogP contribution in [-0.4, -0.2) is 58.9 Å². The summed E-state index contributed by atoms with van der Waals surface area (Å²) in [6.07, 6.45) is 1.01. The van der Waals surface area contributed by atoms with E-state index >= 15 is 0 Å². The molecule has 1 fully saturated rings. The van der Waals surface area contributed by atoms with Crippen molar-refractivity contribution in [2.45, 2.75) is 33.3 Å². The van der Waals surface area contributed by atoms with E-state index in [1.165, 1.54) is 0 Å². The minimum Gasteiger partial charge on any atom is -0.461 e. The summed E-state index contributed by atoms with van der Waals surface area (Å²) in [6.45, 7) is 9.78. The third-order valence-corrected chi connectivity index (χ3v) is 2.76. The Kier molecular flexibility index (Phi) is 5.94. The molecule has 118 valence electrons. The molecule has 0 aromatic carbocycles. The summed E-state index contributed by atoms with van der Waals surface area (Å²) in [6, 6.07) is 0.328. The molecule has 2 N–H and O–H groups in total. The Bertz CT molecular complexity index is 437. The lowest BCUT2D eigenvalue weighted by atomic mass is 10.5. The van der Waals surface area contributed by atoms with Crippen LogP contribution in [0.4, 0.5) is 11.9 Å². The van der Waals surface area contributed by atoms with Crippen molar-refractivity contribution in [2.24, 2.45) is 0 Å². The molecule has 1 saturated heterocycles. The van der Waals surface area contributed by atoms with E-state index in [1.807, 2.05) is 18.9 Å². The van der Waals surface area contributed by atoms with E-state index in [1.54, 1.807) is 0 Å². The minimum atomic E-state index is 0.0164. The van der Waals surface area contributed by atoms with Crippen LogP contribution in [0.1, 0.15) is 27.2 Å². The van der Waals surface area contributed by atoms with Gasteiger partial charge in [0.1, 0.15) is 0 Å². The Morgan fingerprint density at radius 1 is 1.19 bits per heavy atom. The molecule has 0 saturated carbocycles. The van der Waals surface area contributed by atoms with E-state index in [9.17, 15) is 0 Å². The molecule has 1 aliphatic rings. The van der Waals surface area contributed by atoms with Gasteiger partial charge in [0.25, 0.3) is 0 Å². The molecule has 21 heavy (non-hydrogen) atoms. The van der Waals surface area contributed by atoms with Crippen molar-refractivity contribution in [3.8, 4) is 6.01 Å². The molecule has 1 aromatic heterocycles. The molecule has 0 bridgehead atoms. The molecule has 0 atom stereocenters. The molecule has 8 nitrogen and oxygen atoms in total. The van der Waals surface area contributed by atoms with Crippen LogP contribution in [0.2, 0.25) is 0 Å². The number of nitrogens with zero attached hydrogens (tertiary/aromatic N) is 4. The zero-order chi connectivity index (χ0) is 15.1. The molecular formula is C13H24N6O2. The van der Waals surface area contributed by atoms with Crippen LogP contribution in [-0.2, 0) is 4.74 Å². The van der Waals surface area contributed by atoms with Crippen molar-refractivity contribution in [1.82, 2.24) is 20.0 Å². The molecule has 1 aromatic rings. The number of morpholine rings is 1. The predicted molar refractivity (Wildman–Crippen MR) is 80.4 cm³/mol. The second-order valence-corrected chi connectivity index (χ2v) is 5.07. The van der Waals surface area contributed by atoms with Gasteiger partial charge in [-0.1, -0.05) is 6.92 Å². The fourth-order valence-electron chi connectivity index (χ4n) is 1.80. The van der Waals surface area contributed by atoms with Crippen LogP contribution in [0.3, 0.4) is 0 Å². The maximum Gasteiger partial charge on any atom is 0.323 e. The number of anilines is 2. The van der Waals surface area contributed by atoms with Gasteiger partial charge in [0.05, 0.1) is 19.3 Å². The highest BCUT2D eigenvalue weighted by Crippen LogP contribution is 2.13. The average molecular weight is 296 g/mol. The van der Waals surface area contributed by atoms with E-state index in [-0.39, 0.29) is 6.10 Å². The summed E-state index contributed by atoms with van der Waals surface area (Å²) in [7, 11) is 0. The highest BCUT2D eigenvalue weighted by atomic mass is 16.5. The predicted octanol–water partition coefficient (Wildman–Crippen LogP) is 1.14. The van der Waals surface area contributed by atoms with Gasteiger partial charge < -0.3 is 14.8 Å². The number of ether oxygens (including phenoxy) is 2. The van der Waals surface area contributed by atoms with Crippen LogP contribution in [0, 0.1) is 0 Å². The van der Waals surface area contributed by atoms with Crippen molar-refractivity contribution in [3.05, 3.63) is 0 Å². The van der Waals surface area contributed by atoms with Gasteiger partial charge in [0.15, 0.2) is 0 Å². The van der Waals surface area contributed by atoms with Crippen LogP contribution >= 0.6 is 0 Å². The fraction of sp³-hybridized carbons (Fsp3) is 0.769. The highest BCUT2D eigenvalue weighted by molar-refractivity contribution is 5.35. The molecular weight excluding hydrogens is 272 g/mol. The van der Waals surface area contributed by atoms with Crippen LogP contribution in [0.15, 0.2) is 0 Å². The molecule has 2 heterocycles. The number of aromatic nitrogens is 3. The van der Waals surface area contributed by atoms with E-state index < -0.39 is 0 Å².